The molecule has 0 radical (unpaired) electrons. The SMILES string of the molecule is Cn1cc(NC(=O)c2ccc3ccc(N[C@@H]4CCCNC4)nn23)c(C(F)(F)F)n1. The molecule has 3 aromatic rings. The van der Waals surface area contributed by atoms with Crippen molar-refractivity contribution in [3.05, 3.63) is 41.9 Å². The molecule has 3 aromatic heterocycles. The first kappa shape index (κ1) is 19.2. The number of amides is 1. The van der Waals surface area contributed by atoms with Gasteiger partial charge in [-0.2, -0.15) is 18.3 Å². The Kier molecular flexibility index (Phi) is 4.91. The fraction of sp³-hybridized carbons (Fsp3) is 0.389. The van der Waals surface area contributed by atoms with Gasteiger partial charge < -0.3 is 16.0 Å². The van der Waals surface area contributed by atoms with E-state index >= 15 is 0 Å². The van der Waals surface area contributed by atoms with E-state index < -0.39 is 23.5 Å². The van der Waals surface area contributed by atoms with Crippen molar-refractivity contribution in [3.63, 3.8) is 0 Å². The lowest BCUT2D eigenvalue weighted by Crippen LogP contribution is -2.38. The molecule has 1 aliphatic rings. The molecule has 4 rings (SSSR count). The van der Waals surface area contributed by atoms with Crippen LogP contribution in [0.25, 0.3) is 5.52 Å². The molecule has 29 heavy (non-hydrogen) atoms. The lowest BCUT2D eigenvalue weighted by atomic mass is 10.1. The third-order valence-corrected chi connectivity index (χ3v) is 4.73. The summed E-state index contributed by atoms with van der Waals surface area (Å²) in [6.07, 6.45) is -1.49. The molecule has 3 N–H and O–H groups in total. The molecule has 1 amide bonds. The highest BCUT2D eigenvalue weighted by molar-refractivity contribution is 6.04. The Morgan fingerprint density at radius 3 is 2.76 bits per heavy atom. The number of hydrogen-bond acceptors (Lipinski definition) is 5. The van der Waals surface area contributed by atoms with E-state index in [-0.39, 0.29) is 11.7 Å². The van der Waals surface area contributed by atoms with Crippen LogP contribution in [-0.4, -0.2) is 44.4 Å². The Bertz CT molecular complexity index is 1030. The highest BCUT2D eigenvalue weighted by Crippen LogP contribution is 2.33. The maximum absolute atomic E-state index is 13.1. The van der Waals surface area contributed by atoms with Crippen LogP contribution in [0.1, 0.15) is 29.0 Å². The van der Waals surface area contributed by atoms with E-state index in [1.807, 2.05) is 6.07 Å². The van der Waals surface area contributed by atoms with Gasteiger partial charge in [-0.25, -0.2) is 4.52 Å². The highest BCUT2D eigenvalue weighted by Gasteiger charge is 2.37. The van der Waals surface area contributed by atoms with E-state index in [4.69, 9.17) is 0 Å². The molecular weight excluding hydrogens is 387 g/mol. The molecule has 11 heteroatoms. The first-order chi connectivity index (χ1) is 13.8. The van der Waals surface area contributed by atoms with Gasteiger partial charge in [0.2, 0.25) is 0 Å². The maximum atomic E-state index is 13.1. The fourth-order valence-corrected chi connectivity index (χ4v) is 3.40. The van der Waals surface area contributed by atoms with E-state index in [2.05, 4.69) is 26.1 Å². The molecule has 8 nitrogen and oxygen atoms in total. The van der Waals surface area contributed by atoms with Crippen molar-refractivity contribution in [1.29, 1.82) is 0 Å². The first-order valence-electron chi connectivity index (χ1n) is 9.19. The average molecular weight is 407 g/mol. The summed E-state index contributed by atoms with van der Waals surface area (Å²) in [4.78, 5) is 12.7. The number of halogens is 3. The topological polar surface area (TPSA) is 88.3 Å². The number of hydrogen-bond donors (Lipinski definition) is 3. The van der Waals surface area contributed by atoms with Crippen LogP contribution in [0.2, 0.25) is 0 Å². The second-order valence-corrected chi connectivity index (χ2v) is 6.98. The molecule has 4 heterocycles. The van der Waals surface area contributed by atoms with E-state index in [1.165, 1.54) is 17.6 Å². The van der Waals surface area contributed by atoms with Crippen LogP contribution in [0.15, 0.2) is 30.5 Å². The van der Waals surface area contributed by atoms with Crippen LogP contribution in [0.4, 0.5) is 24.7 Å². The largest absolute Gasteiger partial charge is 0.437 e. The summed E-state index contributed by atoms with van der Waals surface area (Å²) in [7, 11) is 1.36. The standard InChI is InChI=1S/C18H20F3N7O/c1-27-10-13(16(26-27)18(19,20)21)24-17(29)14-6-4-12-5-7-15(25-28(12)14)23-11-3-2-8-22-9-11/h4-7,10-11,22H,2-3,8-9H2,1H3,(H,23,25)(H,24,29)/t11-/m1/s1. The quantitative estimate of drug-likeness (QED) is 0.619. The number of aryl methyl sites for hydroxylation is 1. The summed E-state index contributed by atoms with van der Waals surface area (Å²) in [6, 6.07) is 7.04. The van der Waals surface area contributed by atoms with Crippen LogP contribution in [-0.2, 0) is 13.2 Å². The van der Waals surface area contributed by atoms with Gasteiger partial charge in [-0.05, 0) is 43.7 Å². The van der Waals surface area contributed by atoms with Gasteiger partial charge in [0.1, 0.15) is 11.5 Å². The molecule has 0 aliphatic carbocycles. The lowest BCUT2D eigenvalue weighted by Gasteiger charge is -2.24. The Labute approximate surface area is 164 Å². The summed E-state index contributed by atoms with van der Waals surface area (Å²) < 4.78 is 41.8. The number of nitrogens with one attached hydrogen (secondary N) is 3. The van der Waals surface area contributed by atoms with Gasteiger partial charge in [-0.15, -0.1) is 5.10 Å². The molecule has 0 bridgehead atoms. The molecule has 1 saturated heterocycles. The van der Waals surface area contributed by atoms with Crippen molar-refractivity contribution in [2.45, 2.75) is 25.1 Å². The Morgan fingerprint density at radius 2 is 2.03 bits per heavy atom. The Morgan fingerprint density at radius 1 is 1.24 bits per heavy atom. The summed E-state index contributed by atoms with van der Waals surface area (Å²) in [5.74, 6) is -0.110. The first-order valence-corrected chi connectivity index (χ1v) is 9.19. The number of anilines is 2. The van der Waals surface area contributed by atoms with Crippen molar-refractivity contribution in [2.24, 2.45) is 7.05 Å². The van der Waals surface area contributed by atoms with Crippen LogP contribution in [0.3, 0.4) is 0 Å². The van der Waals surface area contributed by atoms with Crippen LogP contribution in [0.5, 0.6) is 0 Å². The monoisotopic (exact) mass is 407 g/mol. The zero-order valence-electron chi connectivity index (χ0n) is 15.6. The predicted molar refractivity (Wildman–Crippen MR) is 101 cm³/mol. The minimum atomic E-state index is -4.67. The van der Waals surface area contributed by atoms with E-state index in [1.54, 1.807) is 12.1 Å². The number of rotatable bonds is 4. The van der Waals surface area contributed by atoms with E-state index in [0.717, 1.165) is 36.8 Å². The number of alkyl halides is 3. The van der Waals surface area contributed by atoms with Crippen molar-refractivity contribution in [3.8, 4) is 0 Å². The third kappa shape index (κ3) is 4.04. The van der Waals surface area contributed by atoms with Crippen LogP contribution in [0, 0.1) is 0 Å². The number of carbonyl (C=O) groups is 1. The van der Waals surface area contributed by atoms with Gasteiger partial charge in [0.25, 0.3) is 5.91 Å². The molecule has 0 spiro atoms. The third-order valence-electron chi connectivity index (χ3n) is 4.73. The number of nitrogens with zero attached hydrogens (tertiary/aromatic N) is 4. The second-order valence-electron chi connectivity index (χ2n) is 6.98. The van der Waals surface area contributed by atoms with Crippen molar-refractivity contribution in [1.82, 2.24) is 24.7 Å². The lowest BCUT2D eigenvalue weighted by molar-refractivity contribution is -0.140. The average Bonchev–Trinajstić information content (AvgIpc) is 3.25. The predicted octanol–water partition coefficient (Wildman–Crippen LogP) is 2.50. The number of piperidine rings is 1. The summed E-state index contributed by atoms with van der Waals surface area (Å²) in [5.41, 5.74) is -0.760. The van der Waals surface area contributed by atoms with E-state index in [9.17, 15) is 18.0 Å². The minimum Gasteiger partial charge on any atom is -0.365 e. The Balaban J connectivity index is 1.59. The van der Waals surface area contributed by atoms with Crippen LogP contribution < -0.4 is 16.0 Å². The second kappa shape index (κ2) is 7.39. The van der Waals surface area contributed by atoms with Gasteiger partial charge in [-0.3, -0.25) is 9.48 Å². The normalized spacial score (nSPS) is 17.4. The summed E-state index contributed by atoms with van der Waals surface area (Å²) >= 11 is 0. The number of aromatic nitrogens is 4. The zero-order chi connectivity index (χ0) is 20.6. The van der Waals surface area contributed by atoms with Gasteiger partial charge >= 0.3 is 6.18 Å². The summed E-state index contributed by atoms with van der Waals surface area (Å²) in [5, 5.41) is 16.8. The van der Waals surface area contributed by atoms with Gasteiger partial charge in [0.15, 0.2) is 5.69 Å². The smallest absolute Gasteiger partial charge is 0.365 e. The number of fused-ring (bicyclic) bond motifs is 1. The molecular formula is C18H20F3N7O. The molecule has 154 valence electrons. The molecule has 1 atom stereocenters. The zero-order valence-corrected chi connectivity index (χ0v) is 15.6. The molecule has 0 aromatic carbocycles. The molecule has 0 unspecified atom stereocenters. The van der Waals surface area contributed by atoms with Crippen molar-refractivity contribution < 1.29 is 18.0 Å². The Hall–Kier alpha value is -3.08. The van der Waals surface area contributed by atoms with Gasteiger partial charge in [-0.1, -0.05) is 0 Å². The minimum absolute atomic E-state index is 0.127. The van der Waals surface area contributed by atoms with E-state index in [0.29, 0.717) is 11.3 Å². The summed E-state index contributed by atoms with van der Waals surface area (Å²) in [6.45, 7) is 1.81. The van der Waals surface area contributed by atoms with Crippen molar-refractivity contribution in [2.75, 3.05) is 23.7 Å². The fourth-order valence-electron chi connectivity index (χ4n) is 3.40. The van der Waals surface area contributed by atoms with Crippen LogP contribution >= 0.6 is 0 Å². The molecule has 0 saturated carbocycles. The maximum Gasteiger partial charge on any atom is 0.437 e. The number of carbonyl (C=O) groups excluding carboxylic acids is 1. The molecule has 1 fully saturated rings. The van der Waals surface area contributed by atoms with Gasteiger partial charge in [0.05, 0.1) is 11.2 Å². The highest BCUT2D eigenvalue weighted by atomic mass is 19.4. The van der Waals surface area contributed by atoms with Gasteiger partial charge in [0, 0.05) is 25.8 Å². The molecule has 1 aliphatic heterocycles. The van der Waals surface area contributed by atoms with Crippen molar-refractivity contribution >= 4 is 22.9 Å².